The molecule has 0 bridgehead atoms. The molecule has 0 fully saturated rings. The third-order valence-electron chi connectivity index (χ3n) is 3.51. The van der Waals surface area contributed by atoms with E-state index in [1.165, 1.54) is 6.26 Å². The van der Waals surface area contributed by atoms with Crippen LogP contribution in [0.5, 0.6) is 0 Å². The van der Waals surface area contributed by atoms with E-state index in [-0.39, 0.29) is 49.0 Å². The maximum Gasteiger partial charge on any atom is 0.435 e. The minimum absolute atomic E-state index is 0.0313. The molecule has 166 valence electrons. The number of furan rings is 1. The highest BCUT2D eigenvalue weighted by atomic mass is 31.2. The lowest BCUT2D eigenvalue weighted by Gasteiger charge is -2.21. The maximum absolute atomic E-state index is 13.4. The van der Waals surface area contributed by atoms with Crippen LogP contribution < -0.4 is 15.9 Å². The predicted octanol–water partition coefficient (Wildman–Crippen LogP) is 3.19. The number of H-pyrrole nitrogens is 1. The first-order valence-electron chi connectivity index (χ1n) is 9.33. The van der Waals surface area contributed by atoms with Crippen LogP contribution in [0.2, 0.25) is 0 Å². The second-order valence-corrected chi connectivity index (χ2v) is 7.41. The fourth-order valence-electron chi connectivity index (χ4n) is 2.47. The summed E-state index contributed by atoms with van der Waals surface area (Å²) in [7, 11) is -3.86. The first-order chi connectivity index (χ1) is 14.4. The summed E-state index contributed by atoms with van der Waals surface area (Å²) in [6, 6.07) is 3.16. The van der Waals surface area contributed by atoms with Crippen LogP contribution in [0, 0.1) is 0 Å². The standard InChI is InChI=1S/C17H25N4O8P/c1-5-25-16(22)20-21(17(23)26-6-2)14-13(12-10-9-11-27-12)15(19-18-14)30(24,28-7-3)29-8-4/h9-11H,5-8H2,1-4H3,(H,18,19)(H,20,22). The molecule has 0 aromatic carbocycles. The molecule has 0 unspecified atom stereocenters. The van der Waals surface area contributed by atoms with Crippen molar-refractivity contribution in [3.8, 4) is 11.3 Å². The molecule has 0 aliphatic heterocycles. The van der Waals surface area contributed by atoms with Crippen molar-refractivity contribution in [2.24, 2.45) is 0 Å². The summed E-state index contributed by atoms with van der Waals surface area (Å²) in [5.74, 6) is 0.0550. The van der Waals surface area contributed by atoms with Gasteiger partial charge in [0.25, 0.3) is 0 Å². The Hall–Kier alpha value is -2.82. The molecule has 2 heterocycles. The molecule has 0 spiro atoms. The number of aromatic amines is 1. The lowest BCUT2D eigenvalue weighted by molar-refractivity contribution is 0.138. The fraction of sp³-hybridized carbons (Fsp3) is 0.471. The van der Waals surface area contributed by atoms with Crippen LogP contribution in [0.4, 0.5) is 15.4 Å². The first-order valence-corrected chi connectivity index (χ1v) is 10.9. The number of nitrogens with one attached hydrogen (secondary N) is 2. The van der Waals surface area contributed by atoms with Gasteiger partial charge in [-0.25, -0.2) is 15.0 Å². The minimum Gasteiger partial charge on any atom is -0.464 e. The molecule has 0 saturated carbocycles. The summed E-state index contributed by atoms with van der Waals surface area (Å²) in [6.45, 7) is 6.80. The quantitative estimate of drug-likeness (QED) is 0.440. The van der Waals surface area contributed by atoms with Crippen LogP contribution in [0.3, 0.4) is 0 Å². The smallest absolute Gasteiger partial charge is 0.435 e. The van der Waals surface area contributed by atoms with Gasteiger partial charge in [-0.05, 0) is 39.8 Å². The van der Waals surface area contributed by atoms with E-state index in [4.69, 9.17) is 22.9 Å². The van der Waals surface area contributed by atoms with E-state index >= 15 is 0 Å². The molecule has 13 heteroatoms. The fourth-order valence-corrected chi connectivity index (χ4v) is 4.13. The first kappa shape index (κ1) is 23.5. The van der Waals surface area contributed by atoms with Gasteiger partial charge in [0, 0.05) is 0 Å². The van der Waals surface area contributed by atoms with Crippen LogP contribution in [-0.2, 0) is 23.1 Å². The number of nitrogens with zero attached hydrogens (tertiary/aromatic N) is 2. The molecule has 2 N–H and O–H groups in total. The molecule has 0 saturated heterocycles. The number of ether oxygens (including phenoxy) is 2. The number of anilines is 1. The number of amides is 2. The normalized spacial score (nSPS) is 11.2. The van der Waals surface area contributed by atoms with Crippen LogP contribution in [-0.4, -0.2) is 48.8 Å². The Labute approximate surface area is 173 Å². The van der Waals surface area contributed by atoms with Gasteiger partial charge in [-0.3, -0.25) is 9.66 Å². The van der Waals surface area contributed by atoms with E-state index in [2.05, 4.69) is 15.6 Å². The Balaban J connectivity index is 2.64. The van der Waals surface area contributed by atoms with Gasteiger partial charge < -0.3 is 22.9 Å². The van der Waals surface area contributed by atoms with Gasteiger partial charge in [0.15, 0.2) is 11.3 Å². The van der Waals surface area contributed by atoms with Crippen LogP contribution in [0.15, 0.2) is 22.8 Å². The van der Waals surface area contributed by atoms with E-state index < -0.39 is 19.8 Å². The lowest BCUT2D eigenvalue weighted by atomic mass is 10.2. The monoisotopic (exact) mass is 444 g/mol. The topological polar surface area (TPSA) is 145 Å². The van der Waals surface area contributed by atoms with E-state index in [0.717, 1.165) is 5.01 Å². The molecule has 12 nitrogen and oxygen atoms in total. The summed E-state index contributed by atoms with van der Waals surface area (Å²) in [5, 5.41) is 7.37. The van der Waals surface area contributed by atoms with Crippen molar-refractivity contribution in [2.45, 2.75) is 27.7 Å². The summed E-state index contributed by atoms with van der Waals surface area (Å²) < 4.78 is 39.4. The SMILES string of the molecule is CCOC(=O)NN(C(=O)OCC)c1n[nH]c(P(=O)(OCC)OCC)c1-c1ccco1. The van der Waals surface area contributed by atoms with Crippen molar-refractivity contribution in [3.63, 3.8) is 0 Å². The van der Waals surface area contributed by atoms with Crippen LogP contribution >= 0.6 is 7.60 Å². The van der Waals surface area contributed by atoms with Gasteiger partial charge in [0.2, 0.25) is 0 Å². The van der Waals surface area contributed by atoms with Gasteiger partial charge >= 0.3 is 19.8 Å². The summed E-state index contributed by atoms with van der Waals surface area (Å²) in [5.41, 5.74) is 2.30. The highest BCUT2D eigenvalue weighted by Crippen LogP contribution is 2.50. The van der Waals surface area contributed by atoms with Crippen molar-refractivity contribution in [1.29, 1.82) is 0 Å². The second-order valence-electron chi connectivity index (χ2n) is 5.45. The van der Waals surface area contributed by atoms with Crippen LogP contribution in [0.1, 0.15) is 27.7 Å². The van der Waals surface area contributed by atoms with Gasteiger partial charge in [-0.2, -0.15) is 10.1 Å². The molecule has 30 heavy (non-hydrogen) atoms. The number of hydrogen-bond donors (Lipinski definition) is 2. The van der Waals surface area contributed by atoms with E-state index in [1.54, 1.807) is 39.8 Å². The second kappa shape index (κ2) is 10.8. The van der Waals surface area contributed by atoms with E-state index in [1.807, 2.05) is 0 Å². The molecule has 2 aromatic rings. The summed E-state index contributed by atoms with van der Waals surface area (Å²) >= 11 is 0. The largest absolute Gasteiger partial charge is 0.464 e. The van der Waals surface area contributed by atoms with Gasteiger partial charge in [0.1, 0.15) is 5.76 Å². The summed E-state index contributed by atoms with van der Waals surface area (Å²) in [6.07, 6.45) is -0.479. The average Bonchev–Trinajstić information content (AvgIpc) is 3.36. The molecule has 0 aliphatic carbocycles. The Kier molecular flexibility index (Phi) is 8.46. The number of hydrazine groups is 1. The van der Waals surface area contributed by atoms with Crippen molar-refractivity contribution in [2.75, 3.05) is 31.4 Å². The number of aromatic nitrogens is 2. The van der Waals surface area contributed by atoms with Crippen molar-refractivity contribution < 1.29 is 37.1 Å². The lowest BCUT2D eigenvalue weighted by Crippen LogP contribution is -2.47. The molecule has 0 atom stereocenters. The minimum atomic E-state index is -3.86. The highest BCUT2D eigenvalue weighted by molar-refractivity contribution is 7.62. The van der Waals surface area contributed by atoms with Crippen molar-refractivity contribution in [3.05, 3.63) is 18.4 Å². The molecular weight excluding hydrogens is 419 g/mol. The molecule has 2 amide bonds. The van der Waals surface area contributed by atoms with Crippen molar-refractivity contribution in [1.82, 2.24) is 15.6 Å². The number of hydrogen-bond acceptors (Lipinski definition) is 9. The predicted molar refractivity (Wildman–Crippen MR) is 106 cm³/mol. The van der Waals surface area contributed by atoms with E-state index in [9.17, 15) is 14.2 Å². The third-order valence-corrected chi connectivity index (χ3v) is 5.58. The van der Waals surface area contributed by atoms with Crippen molar-refractivity contribution >= 4 is 31.0 Å². The zero-order chi connectivity index (χ0) is 22.1. The number of carbonyl (C=O) groups is 2. The number of carbonyl (C=O) groups excluding carboxylic acids is 2. The zero-order valence-electron chi connectivity index (χ0n) is 17.2. The Bertz CT molecular complexity index is 872. The number of rotatable bonds is 9. The maximum atomic E-state index is 13.4. The van der Waals surface area contributed by atoms with E-state index in [0.29, 0.717) is 0 Å². The van der Waals surface area contributed by atoms with Gasteiger partial charge in [0.05, 0.1) is 38.3 Å². The molecular formula is C17H25N4O8P. The summed E-state index contributed by atoms with van der Waals surface area (Å²) in [4.78, 5) is 24.5. The average molecular weight is 444 g/mol. The zero-order valence-corrected chi connectivity index (χ0v) is 18.1. The van der Waals surface area contributed by atoms with Crippen LogP contribution in [0.25, 0.3) is 11.3 Å². The molecule has 0 aliphatic rings. The molecule has 2 rings (SSSR count). The Morgan fingerprint density at radius 2 is 1.80 bits per heavy atom. The Morgan fingerprint density at radius 3 is 2.33 bits per heavy atom. The Morgan fingerprint density at radius 1 is 1.13 bits per heavy atom. The third kappa shape index (κ3) is 5.21. The van der Waals surface area contributed by atoms with Gasteiger partial charge in [-0.1, -0.05) is 0 Å². The van der Waals surface area contributed by atoms with Gasteiger partial charge in [-0.15, -0.1) is 0 Å². The molecule has 2 aromatic heterocycles. The molecule has 0 radical (unpaired) electrons. The highest BCUT2D eigenvalue weighted by Gasteiger charge is 2.38.